The summed E-state index contributed by atoms with van der Waals surface area (Å²) in [5.41, 5.74) is 0.726. The van der Waals surface area contributed by atoms with Crippen molar-refractivity contribution in [3.05, 3.63) is 29.5 Å². The first-order valence-corrected chi connectivity index (χ1v) is 8.29. The molecule has 0 radical (unpaired) electrons. The maximum atomic E-state index is 11.2. The Bertz CT molecular complexity index is 898. The number of hydrogen-bond acceptors (Lipinski definition) is 7. The summed E-state index contributed by atoms with van der Waals surface area (Å²) in [6.07, 6.45) is 3.14. The van der Waals surface area contributed by atoms with Crippen LogP contribution in [0.1, 0.15) is 4.88 Å². The predicted octanol–water partition coefficient (Wildman–Crippen LogP) is 0.684. The summed E-state index contributed by atoms with van der Waals surface area (Å²) in [7, 11) is -1.84. The number of nitrogens with zero attached hydrogens (tertiary/aromatic N) is 4. The van der Waals surface area contributed by atoms with Gasteiger partial charge in [0.05, 0.1) is 18.1 Å². The number of fused-ring (bicyclic) bond motifs is 1. The summed E-state index contributed by atoms with van der Waals surface area (Å²) >= 11 is 1.13. The van der Waals surface area contributed by atoms with Crippen molar-refractivity contribution in [1.29, 1.82) is 0 Å². The van der Waals surface area contributed by atoms with Gasteiger partial charge in [-0.25, -0.2) is 23.5 Å². The number of aryl methyl sites for hydroxylation is 1. The molecule has 3 aromatic heterocycles. The Morgan fingerprint density at radius 3 is 2.90 bits per heavy atom. The minimum Gasteiger partial charge on any atom is -0.364 e. The molecule has 0 atom stereocenters. The van der Waals surface area contributed by atoms with Crippen molar-refractivity contribution in [2.45, 2.75) is 10.8 Å². The first kappa shape index (κ1) is 13.9. The molecule has 21 heavy (non-hydrogen) atoms. The predicted molar refractivity (Wildman–Crippen MR) is 79.3 cm³/mol. The van der Waals surface area contributed by atoms with Gasteiger partial charge in [0.25, 0.3) is 0 Å². The highest BCUT2D eigenvalue weighted by Crippen LogP contribution is 2.23. The van der Waals surface area contributed by atoms with Crippen molar-refractivity contribution >= 4 is 38.2 Å². The van der Waals surface area contributed by atoms with Gasteiger partial charge < -0.3 is 5.32 Å². The zero-order chi connectivity index (χ0) is 15.0. The van der Waals surface area contributed by atoms with Crippen molar-refractivity contribution in [2.24, 2.45) is 12.2 Å². The Kier molecular flexibility index (Phi) is 3.35. The molecule has 10 heteroatoms. The number of aromatic nitrogens is 4. The number of nitrogens with one attached hydrogen (secondary N) is 1. The molecule has 0 unspecified atom stereocenters. The van der Waals surface area contributed by atoms with Gasteiger partial charge in [-0.05, 0) is 12.1 Å². The van der Waals surface area contributed by atoms with Crippen molar-refractivity contribution < 1.29 is 8.42 Å². The second-order valence-corrected chi connectivity index (χ2v) is 7.30. The van der Waals surface area contributed by atoms with E-state index in [0.717, 1.165) is 27.2 Å². The molecular formula is C11H12N6O2S2. The lowest BCUT2D eigenvalue weighted by Crippen LogP contribution is -2.09. The topological polar surface area (TPSA) is 116 Å². The zero-order valence-corrected chi connectivity index (χ0v) is 12.6. The molecule has 3 heterocycles. The van der Waals surface area contributed by atoms with Gasteiger partial charge in [0, 0.05) is 11.9 Å². The van der Waals surface area contributed by atoms with Crippen molar-refractivity contribution in [3.63, 3.8) is 0 Å². The smallest absolute Gasteiger partial charge is 0.247 e. The number of primary sulfonamides is 1. The standard InChI is InChI=1S/C11H12N6O2S2/c1-17-11-8(5-16-17)10(14-6-15-11)13-4-7-2-3-9(20-7)21(12,18)19/h2-3,5-6H,4H2,1H3,(H2,12,18,19)(H,13,14,15). The minimum atomic E-state index is -3.64. The quantitative estimate of drug-likeness (QED) is 0.729. The Morgan fingerprint density at radius 2 is 2.19 bits per heavy atom. The van der Waals surface area contributed by atoms with Crippen molar-refractivity contribution in [2.75, 3.05) is 5.32 Å². The number of rotatable bonds is 4. The van der Waals surface area contributed by atoms with Crippen LogP contribution in [0, 0.1) is 0 Å². The molecule has 0 fully saturated rings. The highest BCUT2D eigenvalue weighted by Gasteiger charge is 2.12. The van der Waals surface area contributed by atoms with Crippen LogP contribution in [0.25, 0.3) is 11.0 Å². The normalized spacial score (nSPS) is 11.9. The molecule has 0 amide bonds. The molecule has 0 aliphatic carbocycles. The van der Waals surface area contributed by atoms with Gasteiger partial charge in [-0.15, -0.1) is 11.3 Å². The van der Waals surface area contributed by atoms with E-state index in [1.165, 1.54) is 12.4 Å². The van der Waals surface area contributed by atoms with Crippen LogP contribution in [0.15, 0.2) is 28.9 Å². The number of nitrogens with two attached hydrogens (primary N) is 1. The molecule has 0 spiro atoms. The SMILES string of the molecule is Cn1ncc2c(NCc3ccc(S(N)(=O)=O)s3)ncnc21. The second kappa shape index (κ2) is 5.06. The fourth-order valence-electron chi connectivity index (χ4n) is 1.88. The number of anilines is 1. The third-order valence-corrected chi connectivity index (χ3v) is 5.40. The van der Waals surface area contributed by atoms with Crippen LogP contribution in [-0.4, -0.2) is 28.2 Å². The molecule has 0 saturated carbocycles. The van der Waals surface area contributed by atoms with E-state index in [4.69, 9.17) is 5.14 Å². The average molecular weight is 324 g/mol. The van der Waals surface area contributed by atoms with Gasteiger partial charge in [0.1, 0.15) is 16.4 Å². The summed E-state index contributed by atoms with van der Waals surface area (Å²) in [6.45, 7) is 0.446. The van der Waals surface area contributed by atoms with Crippen LogP contribution < -0.4 is 10.5 Å². The van der Waals surface area contributed by atoms with Gasteiger partial charge in [0.15, 0.2) is 5.65 Å². The lowest BCUT2D eigenvalue weighted by molar-refractivity contribution is 0.600. The van der Waals surface area contributed by atoms with E-state index in [-0.39, 0.29) is 4.21 Å². The van der Waals surface area contributed by atoms with E-state index < -0.39 is 10.0 Å². The van der Waals surface area contributed by atoms with E-state index >= 15 is 0 Å². The second-order valence-electron chi connectivity index (χ2n) is 4.35. The minimum absolute atomic E-state index is 0.147. The first-order chi connectivity index (χ1) is 9.95. The van der Waals surface area contributed by atoms with Crippen LogP contribution in [-0.2, 0) is 23.6 Å². The van der Waals surface area contributed by atoms with Crippen LogP contribution in [0.5, 0.6) is 0 Å². The van der Waals surface area contributed by atoms with Crippen LogP contribution >= 0.6 is 11.3 Å². The third kappa shape index (κ3) is 2.73. The fourth-order valence-corrected chi connectivity index (χ4v) is 3.60. The molecule has 0 bridgehead atoms. The summed E-state index contributed by atoms with van der Waals surface area (Å²) in [5.74, 6) is 0.652. The Balaban J connectivity index is 1.82. The summed E-state index contributed by atoms with van der Waals surface area (Å²) < 4.78 is 24.3. The summed E-state index contributed by atoms with van der Waals surface area (Å²) in [4.78, 5) is 9.17. The highest BCUT2D eigenvalue weighted by molar-refractivity contribution is 7.91. The molecule has 110 valence electrons. The number of sulfonamides is 1. The molecule has 3 N–H and O–H groups in total. The lowest BCUT2D eigenvalue weighted by Gasteiger charge is -2.04. The van der Waals surface area contributed by atoms with Gasteiger partial charge in [-0.2, -0.15) is 5.10 Å². The largest absolute Gasteiger partial charge is 0.364 e. The molecule has 8 nitrogen and oxygen atoms in total. The van der Waals surface area contributed by atoms with E-state index in [1.54, 1.807) is 24.0 Å². The maximum absolute atomic E-state index is 11.2. The fraction of sp³-hybridized carbons (Fsp3) is 0.182. The monoisotopic (exact) mass is 324 g/mol. The van der Waals surface area contributed by atoms with Crippen molar-refractivity contribution in [1.82, 2.24) is 19.7 Å². The zero-order valence-electron chi connectivity index (χ0n) is 11.0. The molecule has 0 saturated heterocycles. The van der Waals surface area contributed by atoms with E-state index in [1.807, 2.05) is 0 Å². The van der Waals surface area contributed by atoms with Crippen LogP contribution in [0.4, 0.5) is 5.82 Å². The van der Waals surface area contributed by atoms with Gasteiger partial charge in [-0.1, -0.05) is 0 Å². The molecule has 3 rings (SSSR count). The summed E-state index contributed by atoms with van der Waals surface area (Å²) in [5, 5.41) is 13.2. The van der Waals surface area contributed by atoms with Crippen LogP contribution in [0.2, 0.25) is 0 Å². The van der Waals surface area contributed by atoms with Gasteiger partial charge in [-0.3, -0.25) is 4.68 Å². The van der Waals surface area contributed by atoms with Crippen LogP contribution in [0.3, 0.4) is 0 Å². The molecule has 0 aliphatic heterocycles. The molecule has 0 aromatic carbocycles. The number of hydrogen-bond donors (Lipinski definition) is 2. The average Bonchev–Trinajstić information content (AvgIpc) is 3.04. The van der Waals surface area contributed by atoms with Gasteiger partial charge >= 0.3 is 0 Å². The Labute approximate surface area is 124 Å². The van der Waals surface area contributed by atoms with Crippen molar-refractivity contribution in [3.8, 4) is 0 Å². The first-order valence-electron chi connectivity index (χ1n) is 5.93. The van der Waals surface area contributed by atoms with E-state index in [0.29, 0.717) is 12.4 Å². The molecule has 3 aromatic rings. The summed E-state index contributed by atoms with van der Waals surface area (Å²) in [6, 6.07) is 3.22. The lowest BCUT2D eigenvalue weighted by atomic mass is 10.4. The highest BCUT2D eigenvalue weighted by atomic mass is 32.2. The van der Waals surface area contributed by atoms with Gasteiger partial charge in [0.2, 0.25) is 10.0 Å². The Morgan fingerprint density at radius 1 is 1.38 bits per heavy atom. The molecule has 0 aliphatic rings. The maximum Gasteiger partial charge on any atom is 0.247 e. The van der Waals surface area contributed by atoms with E-state index in [9.17, 15) is 8.42 Å². The Hall–Kier alpha value is -2.04. The number of thiophene rings is 1. The van der Waals surface area contributed by atoms with E-state index in [2.05, 4.69) is 20.4 Å². The molecular weight excluding hydrogens is 312 g/mol. The third-order valence-electron chi connectivity index (χ3n) is 2.88.